The first-order valence-electron chi connectivity index (χ1n) is 6.45. The van der Waals surface area contributed by atoms with Crippen molar-refractivity contribution in [2.24, 2.45) is 5.92 Å². The van der Waals surface area contributed by atoms with Crippen LogP contribution < -0.4 is 0 Å². The van der Waals surface area contributed by atoms with Gasteiger partial charge in [0.15, 0.2) is 8.32 Å². The third kappa shape index (κ3) is 10.3. The Morgan fingerprint density at radius 3 is 2.35 bits per heavy atom. The predicted octanol–water partition coefficient (Wildman–Crippen LogP) is 4.50. The zero-order valence-electron chi connectivity index (χ0n) is 12.2. The van der Waals surface area contributed by atoms with E-state index in [9.17, 15) is 0 Å². The molecule has 0 aromatic heterocycles. The van der Waals surface area contributed by atoms with Crippen LogP contribution in [0.5, 0.6) is 0 Å². The molecule has 0 aliphatic heterocycles. The van der Waals surface area contributed by atoms with Crippen LogP contribution in [0, 0.1) is 17.2 Å². The maximum Gasteiger partial charge on any atom is 0.185 e. The summed E-state index contributed by atoms with van der Waals surface area (Å²) in [7, 11) is -1.59. The van der Waals surface area contributed by atoms with Gasteiger partial charge in [-0.05, 0) is 58.7 Å². The van der Waals surface area contributed by atoms with Crippen molar-refractivity contribution in [2.45, 2.75) is 65.8 Å². The molecular weight excluding hydrogens is 226 g/mol. The van der Waals surface area contributed by atoms with Gasteiger partial charge in [-0.25, -0.2) is 0 Å². The number of nitriles is 1. The summed E-state index contributed by atoms with van der Waals surface area (Å²) in [6.07, 6.45) is 5.14. The highest BCUT2D eigenvalue weighted by atomic mass is 28.4. The molecule has 0 bridgehead atoms. The topological polar surface area (TPSA) is 33.0 Å². The smallest absolute Gasteiger partial charge is 0.185 e. The van der Waals surface area contributed by atoms with Crippen molar-refractivity contribution in [1.82, 2.24) is 0 Å². The molecule has 0 rings (SSSR count). The quantitative estimate of drug-likeness (QED) is 0.494. The molecule has 2 nitrogen and oxygen atoms in total. The SMILES string of the molecule is CC(C)=CCC[C@H](C)CC(C#N)O[Si](C)(C)C. The summed E-state index contributed by atoms with van der Waals surface area (Å²) >= 11 is 0. The standard InChI is InChI=1S/C14H27NOSi/c1-12(2)8-7-9-13(3)10-14(11-15)16-17(4,5)6/h8,13-14H,7,9-10H2,1-6H3/t13-,14?/m0/s1. The van der Waals surface area contributed by atoms with E-state index >= 15 is 0 Å². The van der Waals surface area contributed by atoms with Crippen LogP contribution in [-0.4, -0.2) is 14.4 Å². The second kappa shape index (κ2) is 7.68. The van der Waals surface area contributed by atoms with Crippen molar-refractivity contribution in [3.05, 3.63) is 11.6 Å². The average molecular weight is 253 g/mol. The van der Waals surface area contributed by atoms with E-state index in [2.05, 4.69) is 52.6 Å². The molecule has 1 unspecified atom stereocenters. The summed E-state index contributed by atoms with van der Waals surface area (Å²) < 4.78 is 5.85. The molecule has 98 valence electrons. The molecule has 0 aliphatic carbocycles. The second-order valence-electron chi connectivity index (χ2n) is 6.05. The minimum absolute atomic E-state index is 0.219. The van der Waals surface area contributed by atoms with Gasteiger partial charge in [0.2, 0.25) is 0 Å². The Labute approximate surface area is 108 Å². The lowest BCUT2D eigenvalue weighted by Crippen LogP contribution is -2.32. The number of allylic oxidation sites excluding steroid dienone is 2. The summed E-state index contributed by atoms with van der Waals surface area (Å²) in [5, 5.41) is 9.09. The van der Waals surface area contributed by atoms with E-state index in [1.165, 1.54) is 5.57 Å². The van der Waals surface area contributed by atoms with Gasteiger partial charge < -0.3 is 4.43 Å². The maximum absolute atomic E-state index is 9.09. The van der Waals surface area contributed by atoms with Crippen molar-refractivity contribution in [3.63, 3.8) is 0 Å². The average Bonchev–Trinajstić information content (AvgIpc) is 2.13. The van der Waals surface area contributed by atoms with Crippen molar-refractivity contribution in [3.8, 4) is 6.07 Å². The zero-order valence-corrected chi connectivity index (χ0v) is 13.2. The van der Waals surface area contributed by atoms with Crippen LogP contribution in [0.2, 0.25) is 19.6 Å². The van der Waals surface area contributed by atoms with Gasteiger partial charge in [-0.1, -0.05) is 18.6 Å². The Morgan fingerprint density at radius 2 is 1.94 bits per heavy atom. The van der Waals surface area contributed by atoms with Gasteiger partial charge in [0.05, 0.1) is 6.07 Å². The highest BCUT2D eigenvalue weighted by Gasteiger charge is 2.22. The van der Waals surface area contributed by atoms with Gasteiger partial charge in [-0.15, -0.1) is 0 Å². The molecule has 2 atom stereocenters. The molecule has 0 aromatic rings. The van der Waals surface area contributed by atoms with Crippen LogP contribution in [-0.2, 0) is 4.43 Å². The van der Waals surface area contributed by atoms with Crippen molar-refractivity contribution in [1.29, 1.82) is 5.26 Å². The van der Waals surface area contributed by atoms with Crippen molar-refractivity contribution < 1.29 is 4.43 Å². The number of nitrogens with zero attached hydrogens (tertiary/aromatic N) is 1. The molecule has 17 heavy (non-hydrogen) atoms. The maximum atomic E-state index is 9.09. The largest absolute Gasteiger partial charge is 0.402 e. The van der Waals surface area contributed by atoms with E-state index < -0.39 is 8.32 Å². The summed E-state index contributed by atoms with van der Waals surface area (Å²) in [5.41, 5.74) is 1.37. The molecule has 0 radical (unpaired) electrons. The lowest BCUT2D eigenvalue weighted by molar-refractivity contribution is 0.212. The normalized spacial score (nSPS) is 14.9. The third-order valence-corrected chi connectivity index (χ3v) is 3.46. The zero-order chi connectivity index (χ0) is 13.5. The summed E-state index contributed by atoms with van der Waals surface area (Å²) in [6, 6.07) is 2.29. The minimum Gasteiger partial charge on any atom is -0.402 e. The molecule has 0 fully saturated rings. The Hall–Kier alpha value is -0.593. The van der Waals surface area contributed by atoms with E-state index in [4.69, 9.17) is 9.69 Å². The van der Waals surface area contributed by atoms with E-state index in [0.717, 1.165) is 19.3 Å². The summed E-state index contributed by atoms with van der Waals surface area (Å²) in [5.74, 6) is 0.548. The molecule has 0 spiro atoms. The predicted molar refractivity (Wildman–Crippen MR) is 76.3 cm³/mol. The van der Waals surface area contributed by atoms with Crippen LogP contribution in [0.1, 0.15) is 40.0 Å². The molecule has 0 aliphatic rings. The van der Waals surface area contributed by atoms with Crippen LogP contribution in [0.3, 0.4) is 0 Å². The minimum atomic E-state index is -1.59. The number of rotatable bonds is 7. The second-order valence-corrected chi connectivity index (χ2v) is 10.5. The van der Waals surface area contributed by atoms with Crippen molar-refractivity contribution in [2.75, 3.05) is 0 Å². The number of hydrogen-bond donors (Lipinski definition) is 0. The number of hydrogen-bond acceptors (Lipinski definition) is 2. The van der Waals surface area contributed by atoms with Gasteiger partial charge in [0.1, 0.15) is 6.10 Å². The van der Waals surface area contributed by atoms with E-state index in [1.54, 1.807) is 0 Å². The first-order valence-corrected chi connectivity index (χ1v) is 9.86. The molecule has 0 N–H and O–H groups in total. The van der Waals surface area contributed by atoms with Gasteiger partial charge in [0.25, 0.3) is 0 Å². The Kier molecular flexibility index (Phi) is 7.41. The van der Waals surface area contributed by atoms with E-state index in [-0.39, 0.29) is 6.10 Å². The first-order chi connectivity index (χ1) is 7.74. The van der Waals surface area contributed by atoms with Crippen LogP contribution in [0.15, 0.2) is 11.6 Å². The van der Waals surface area contributed by atoms with Gasteiger partial charge >= 0.3 is 0 Å². The molecule has 0 amide bonds. The lowest BCUT2D eigenvalue weighted by Gasteiger charge is -2.23. The molecule has 3 heteroatoms. The molecular formula is C14H27NOSi. The fraction of sp³-hybridized carbons (Fsp3) is 0.786. The molecule has 0 saturated carbocycles. The Morgan fingerprint density at radius 1 is 1.35 bits per heavy atom. The summed E-state index contributed by atoms with van der Waals surface area (Å²) in [4.78, 5) is 0. The first kappa shape index (κ1) is 16.4. The fourth-order valence-electron chi connectivity index (χ4n) is 1.69. The Balaban J connectivity index is 4.04. The lowest BCUT2D eigenvalue weighted by atomic mass is 9.98. The summed E-state index contributed by atoms with van der Waals surface area (Å²) in [6.45, 7) is 12.8. The van der Waals surface area contributed by atoms with Crippen LogP contribution >= 0.6 is 0 Å². The van der Waals surface area contributed by atoms with Gasteiger partial charge in [-0.2, -0.15) is 5.26 Å². The van der Waals surface area contributed by atoms with E-state index in [1.807, 2.05) is 0 Å². The molecule has 0 aromatic carbocycles. The Bertz CT molecular complexity index is 282. The van der Waals surface area contributed by atoms with Gasteiger partial charge in [0, 0.05) is 0 Å². The highest BCUT2D eigenvalue weighted by Crippen LogP contribution is 2.18. The van der Waals surface area contributed by atoms with Gasteiger partial charge in [-0.3, -0.25) is 0 Å². The van der Waals surface area contributed by atoms with E-state index in [0.29, 0.717) is 5.92 Å². The molecule has 0 heterocycles. The van der Waals surface area contributed by atoms with Crippen molar-refractivity contribution >= 4 is 8.32 Å². The fourth-order valence-corrected chi connectivity index (χ4v) is 2.70. The van der Waals surface area contributed by atoms with Crippen LogP contribution in [0.25, 0.3) is 0 Å². The highest BCUT2D eigenvalue weighted by molar-refractivity contribution is 6.69. The third-order valence-electron chi connectivity index (χ3n) is 2.47. The van der Waals surface area contributed by atoms with Crippen LogP contribution in [0.4, 0.5) is 0 Å². The monoisotopic (exact) mass is 253 g/mol. The molecule has 0 saturated heterocycles.